The van der Waals surface area contributed by atoms with Crippen LogP contribution in [-0.2, 0) is 11.8 Å². The predicted molar refractivity (Wildman–Crippen MR) is 121 cm³/mol. The van der Waals surface area contributed by atoms with E-state index in [0.29, 0.717) is 5.39 Å². The lowest BCUT2D eigenvalue weighted by atomic mass is 9.87. The number of aliphatic hydroxyl groups excluding tert-OH is 1. The topological polar surface area (TPSA) is 59.3 Å². The molecule has 0 saturated heterocycles. The van der Waals surface area contributed by atoms with Crippen molar-refractivity contribution in [2.45, 2.75) is 46.5 Å². The summed E-state index contributed by atoms with van der Waals surface area (Å²) in [6.07, 6.45) is 2.61. The van der Waals surface area contributed by atoms with Crippen molar-refractivity contribution in [2.24, 2.45) is 7.05 Å². The molecule has 4 nitrogen and oxygen atoms in total. The number of aryl methyl sites for hydroxylation is 3. The van der Waals surface area contributed by atoms with E-state index in [1.807, 2.05) is 19.1 Å². The number of aromatic nitrogens is 1. The summed E-state index contributed by atoms with van der Waals surface area (Å²) in [7, 11) is 2.79. The van der Waals surface area contributed by atoms with Gasteiger partial charge in [-0.2, -0.15) is 0 Å². The molecule has 3 rings (SSSR count). The number of aliphatic hydroxyl groups is 1. The largest absolute Gasteiger partial charge is 0.400 e. The van der Waals surface area contributed by atoms with Crippen LogP contribution < -0.4 is 5.56 Å². The fourth-order valence-electron chi connectivity index (χ4n) is 4.04. The van der Waals surface area contributed by atoms with Crippen LogP contribution in [0.4, 0.5) is 0 Å². The third-order valence-electron chi connectivity index (χ3n) is 5.36. The van der Waals surface area contributed by atoms with E-state index in [1.165, 1.54) is 5.56 Å². The van der Waals surface area contributed by atoms with Crippen molar-refractivity contribution in [1.29, 1.82) is 0 Å². The minimum atomic E-state index is -0.298. The molecule has 0 aliphatic carbocycles. The Morgan fingerprint density at radius 2 is 1.62 bits per heavy atom. The SMILES string of the molecule is CCCC(C=O)c1c(-c2ccc(C)cc2C)c2cc(C)ccc2c(=O)n1C.CO. The molecule has 29 heavy (non-hydrogen) atoms. The Labute approximate surface area is 172 Å². The van der Waals surface area contributed by atoms with Crippen LogP contribution in [0.5, 0.6) is 0 Å². The third kappa shape index (κ3) is 4.33. The molecule has 0 aliphatic rings. The van der Waals surface area contributed by atoms with Crippen LogP contribution in [0.15, 0.2) is 41.2 Å². The number of pyridine rings is 1. The maximum atomic E-state index is 13.1. The molecule has 3 aromatic rings. The number of hydrogen-bond donors (Lipinski definition) is 1. The van der Waals surface area contributed by atoms with Crippen molar-refractivity contribution in [3.05, 3.63) is 69.1 Å². The van der Waals surface area contributed by atoms with E-state index in [1.54, 1.807) is 11.6 Å². The Morgan fingerprint density at radius 3 is 2.21 bits per heavy atom. The average molecular weight is 394 g/mol. The maximum absolute atomic E-state index is 13.1. The van der Waals surface area contributed by atoms with E-state index in [-0.39, 0.29) is 11.5 Å². The highest BCUT2D eigenvalue weighted by molar-refractivity contribution is 5.99. The molecular weight excluding hydrogens is 362 g/mol. The van der Waals surface area contributed by atoms with Gasteiger partial charge in [-0.3, -0.25) is 4.79 Å². The van der Waals surface area contributed by atoms with Crippen molar-refractivity contribution in [3.63, 3.8) is 0 Å². The number of carbonyl (C=O) groups is 1. The van der Waals surface area contributed by atoms with Crippen molar-refractivity contribution >= 4 is 17.1 Å². The van der Waals surface area contributed by atoms with E-state index in [4.69, 9.17) is 5.11 Å². The van der Waals surface area contributed by atoms with Crippen LogP contribution in [0.2, 0.25) is 0 Å². The van der Waals surface area contributed by atoms with Crippen molar-refractivity contribution in [1.82, 2.24) is 4.57 Å². The molecule has 1 N–H and O–H groups in total. The fraction of sp³-hybridized carbons (Fsp3) is 0.360. The molecule has 4 heteroatoms. The van der Waals surface area contributed by atoms with E-state index >= 15 is 0 Å². The van der Waals surface area contributed by atoms with Crippen LogP contribution in [0.1, 0.15) is 48.1 Å². The summed E-state index contributed by atoms with van der Waals surface area (Å²) in [5.74, 6) is -0.298. The van der Waals surface area contributed by atoms with Crippen LogP contribution in [-0.4, -0.2) is 23.1 Å². The highest BCUT2D eigenvalue weighted by Crippen LogP contribution is 2.37. The van der Waals surface area contributed by atoms with E-state index in [2.05, 4.69) is 45.0 Å². The molecule has 0 fully saturated rings. The normalized spacial score (nSPS) is 11.7. The molecule has 0 saturated carbocycles. The minimum Gasteiger partial charge on any atom is -0.400 e. The third-order valence-corrected chi connectivity index (χ3v) is 5.36. The molecule has 0 radical (unpaired) electrons. The first-order valence-electron chi connectivity index (χ1n) is 9.99. The Morgan fingerprint density at radius 1 is 1.00 bits per heavy atom. The molecule has 0 aliphatic heterocycles. The molecule has 0 amide bonds. The lowest BCUT2D eigenvalue weighted by Crippen LogP contribution is -2.24. The number of benzene rings is 2. The van der Waals surface area contributed by atoms with E-state index < -0.39 is 0 Å². The second kappa shape index (κ2) is 9.66. The number of hydrogen-bond acceptors (Lipinski definition) is 3. The van der Waals surface area contributed by atoms with E-state index in [0.717, 1.165) is 59.6 Å². The minimum absolute atomic E-state index is 0.0449. The van der Waals surface area contributed by atoms with Gasteiger partial charge >= 0.3 is 0 Å². The number of carbonyl (C=O) groups excluding carboxylic acids is 1. The second-order valence-electron chi connectivity index (χ2n) is 7.52. The van der Waals surface area contributed by atoms with Gasteiger partial charge in [0.2, 0.25) is 0 Å². The molecule has 0 bridgehead atoms. The van der Waals surface area contributed by atoms with Crippen molar-refractivity contribution < 1.29 is 9.90 Å². The average Bonchev–Trinajstić information content (AvgIpc) is 2.71. The molecule has 1 atom stereocenters. The second-order valence-corrected chi connectivity index (χ2v) is 7.52. The molecule has 1 heterocycles. The molecule has 2 aromatic carbocycles. The summed E-state index contributed by atoms with van der Waals surface area (Å²) in [4.78, 5) is 25.0. The van der Waals surface area contributed by atoms with Crippen LogP contribution in [0, 0.1) is 20.8 Å². The zero-order valence-electron chi connectivity index (χ0n) is 18.2. The standard InChI is InChI=1S/C24H27NO2.CH4O/c1-6-7-18(14-26)23-22(19-10-8-15(2)12-17(19)4)21-13-16(3)9-11-20(21)24(27)25(23)5;1-2/h8-14,18H,6-7H2,1-5H3;2H,1H3. The van der Waals surface area contributed by atoms with Gasteiger partial charge in [-0.15, -0.1) is 0 Å². The van der Waals surface area contributed by atoms with Gasteiger partial charge in [0.15, 0.2) is 0 Å². The number of fused-ring (bicyclic) bond motifs is 1. The summed E-state index contributed by atoms with van der Waals surface area (Å²) in [5, 5.41) is 8.63. The molecule has 1 unspecified atom stereocenters. The van der Waals surface area contributed by atoms with Gasteiger partial charge in [-0.25, -0.2) is 0 Å². The lowest BCUT2D eigenvalue weighted by molar-refractivity contribution is -0.109. The van der Waals surface area contributed by atoms with Crippen LogP contribution >= 0.6 is 0 Å². The van der Waals surface area contributed by atoms with Gasteiger partial charge in [0, 0.05) is 30.8 Å². The Kier molecular flexibility index (Phi) is 7.52. The summed E-state index contributed by atoms with van der Waals surface area (Å²) in [6, 6.07) is 12.3. The predicted octanol–water partition coefficient (Wildman–Crippen LogP) is 4.82. The molecule has 154 valence electrons. The molecular formula is C25H31NO3. The zero-order valence-corrected chi connectivity index (χ0v) is 18.2. The number of nitrogens with zero attached hydrogens (tertiary/aromatic N) is 1. The lowest BCUT2D eigenvalue weighted by Gasteiger charge is -2.23. The van der Waals surface area contributed by atoms with Gasteiger partial charge in [-0.1, -0.05) is 54.8 Å². The van der Waals surface area contributed by atoms with Crippen molar-refractivity contribution in [3.8, 4) is 11.1 Å². The Balaban J connectivity index is 0.00000145. The Hall–Kier alpha value is -2.72. The first-order chi connectivity index (χ1) is 13.9. The summed E-state index contributed by atoms with van der Waals surface area (Å²) >= 11 is 0. The first-order valence-corrected chi connectivity index (χ1v) is 9.99. The fourth-order valence-corrected chi connectivity index (χ4v) is 4.04. The zero-order chi connectivity index (χ0) is 21.7. The van der Waals surface area contributed by atoms with Crippen molar-refractivity contribution in [2.75, 3.05) is 7.11 Å². The maximum Gasteiger partial charge on any atom is 0.258 e. The van der Waals surface area contributed by atoms with Crippen LogP contribution in [0.3, 0.4) is 0 Å². The highest BCUT2D eigenvalue weighted by atomic mass is 16.2. The first kappa shape index (κ1) is 22.6. The quantitative estimate of drug-likeness (QED) is 0.632. The van der Waals surface area contributed by atoms with Gasteiger partial charge in [0.05, 0.1) is 5.92 Å². The van der Waals surface area contributed by atoms with E-state index in [9.17, 15) is 9.59 Å². The summed E-state index contributed by atoms with van der Waals surface area (Å²) in [5.41, 5.74) is 6.33. The van der Waals surface area contributed by atoms with Gasteiger partial charge in [-0.05, 0) is 49.8 Å². The number of rotatable bonds is 5. The smallest absolute Gasteiger partial charge is 0.258 e. The highest BCUT2D eigenvalue weighted by Gasteiger charge is 2.23. The van der Waals surface area contributed by atoms with Gasteiger partial charge in [0.25, 0.3) is 5.56 Å². The molecule has 1 aromatic heterocycles. The van der Waals surface area contributed by atoms with Crippen LogP contribution in [0.25, 0.3) is 21.9 Å². The monoisotopic (exact) mass is 393 g/mol. The van der Waals surface area contributed by atoms with Gasteiger partial charge in [0.1, 0.15) is 6.29 Å². The summed E-state index contributed by atoms with van der Waals surface area (Å²) in [6.45, 7) is 8.27. The summed E-state index contributed by atoms with van der Waals surface area (Å²) < 4.78 is 1.68. The number of aldehydes is 1. The Bertz CT molecular complexity index is 1080. The molecule has 0 spiro atoms. The van der Waals surface area contributed by atoms with Gasteiger partial charge < -0.3 is 14.5 Å².